The predicted octanol–water partition coefficient (Wildman–Crippen LogP) is 3.10. The number of aryl methyl sites for hydroxylation is 1. The summed E-state index contributed by atoms with van der Waals surface area (Å²) in [6, 6.07) is 15.6. The Morgan fingerprint density at radius 3 is 2.71 bits per heavy atom. The Bertz CT molecular complexity index is 1290. The molecular formula is C24H23N5O4S. The summed E-state index contributed by atoms with van der Waals surface area (Å²) < 4.78 is 16.5. The summed E-state index contributed by atoms with van der Waals surface area (Å²) >= 11 is 1.64. The van der Waals surface area contributed by atoms with Crippen LogP contribution in [0.4, 0.5) is 0 Å². The Labute approximate surface area is 200 Å². The summed E-state index contributed by atoms with van der Waals surface area (Å²) in [5, 5.41) is 17.2. The molecule has 3 aromatic rings. The van der Waals surface area contributed by atoms with Crippen molar-refractivity contribution in [3.05, 3.63) is 76.3 Å². The number of amides is 1. The van der Waals surface area contributed by atoms with Gasteiger partial charge in [-0.25, -0.2) is 0 Å². The molecule has 1 atom stereocenters. The number of aromatic nitrogens is 2. The molecule has 0 saturated carbocycles. The number of carbonyl (C=O) groups excluding carboxylic acids is 1. The first-order chi connectivity index (χ1) is 16.4. The van der Waals surface area contributed by atoms with Crippen LogP contribution in [0.3, 0.4) is 0 Å². The Balaban J connectivity index is 1.71. The topological polar surface area (TPSA) is 149 Å². The maximum absolute atomic E-state index is 11.1. The summed E-state index contributed by atoms with van der Waals surface area (Å²) in [4.78, 5) is 12.2. The summed E-state index contributed by atoms with van der Waals surface area (Å²) in [5.74, 6) is 0.529. The number of primary amides is 1. The second-order valence-electron chi connectivity index (χ2n) is 7.61. The molecule has 0 spiro atoms. The summed E-state index contributed by atoms with van der Waals surface area (Å²) in [5.41, 5.74) is 15.0. The summed E-state index contributed by atoms with van der Waals surface area (Å²) in [7, 11) is 1.49. The highest BCUT2D eigenvalue weighted by molar-refractivity contribution is 7.98. The number of methoxy groups -OCH3 is 1. The third-order valence-electron chi connectivity index (χ3n) is 5.31. The maximum atomic E-state index is 11.1. The van der Waals surface area contributed by atoms with Crippen molar-refractivity contribution >= 4 is 17.7 Å². The lowest BCUT2D eigenvalue weighted by Crippen LogP contribution is -2.21. The molecule has 2 aromatic carbocycles. The number of fused-ring (bicyclic) bond motifs is 1. The number of nitriles is 1. The molecule has 0 aliphatic carbocycles. The van der Waals surface area contributed by atoms with Gasteiger partial charge < -0.3 is 25.7 Å². The normalized spacial score (nSPS) is 14.7. The van der Waals surface area contributed by atoms with E-state index in [1.54, 1.807) is 30.0 Å². The van der Waals surface area contributed by atoms with Crippen LogP contribution < -0.4 is 25.7 Å². The minimum Gasteiger partial charge on any atom is -0.493 e. The molecule has 0 unspecified atom stereocenters. The number of ether oxygens (including phenoxy) is 3. The molecule has 34 heavy (non-hydrogen) atoms. The molecule has 174 valence electrons. The van der Waals surface area contributed by atoms with Gasteiger partial charge in [0.1, 0.15) is 11.6 Å². The fourth-order valence-corrected chi connectivity index (χ4v) is 4.53. The average molecular weight is 478 g/mol. The first-order valence-corrected chi connectivity index (χ1v) is 11.3. The van der Waals surface area contributed by atoms with Crippen LogP contribution in [0.1, 0.15) is 28.3 Å². The van der Waals surface area contributed by atoms with Crippen LogP contribution in [0.5, 0.6) is 17.4 Å². The van der Waals surface area contributed by atoms with Gasteiger partial charge in [0.25, 0.3) is 5.91 Å². The van der Waals surface area contributed by atoms with Gasteiger partial charge in [0.15, 0.2) is 18.1 Å². The van der Waals surface area contributed by atoms with E-state index in [4.69, 9.17) is 25.7 Å². The number of rotatable bonds is 8. The number of hydrogen-bond acceptors (Lipinski definition) is 8. The number of benzene rings is 2. The van der Waals surface area contributed by atoms with E-state index in [1.165, 1.54) is 12.7 Å². The number of allylic oxidation sites excluding steroid dienone is 1. The molecule has 4 rings (SSSR count). The van der Waals surface area contributed by atoms with Crippen molar-refractivity contribution in [3.8, 4) is 23.4 Å². The van der Waals surface area contributed by atoms with E-state index in [9.17, 15) is 10.1 Å². The molecule has 0 radical (unpaired) electrons. The number of thioether (sulfide) groups is 1. The number of hydrogen-bond donors (Lipinski definition) is 3. The monoisotopic (exact) mass is 477 g/mol. The third-order valence-corrected chi connectivity index (χ3v) is 6.35. The Hall–Kier alpha value is -4.10. The lowest BCUT2D eigenvalue weighted by molar-refractivity contribution is -0.119. The standard InChI is InChI=1S/C24H23N5O4S/c1-13-3-6-15(7-4-13)34-12-17-22-21(16(10-25)23(27)33-24(22)29-28-17)14-5-8-18(19(9-14)31-2)32-11-20(26)30/h3-9,21H,11-12,27H2,1-2H3,(H2,26,30)(H,28,29)/t21-/m1/s1. The second-order valence-corrected chi connectivity index (χ2v) is 8.66. The molecule has 1 aliphatic rings. The summed E-state index contributed by atoms with van der Waals surface area (Å²) in [6.07, 6.45) is 0. The third kappa shape index (κ3) is 4.65. The van der Waals surface area contributed by atoms with Crippen LogP contribution in [0, 0.1) is 18.3 Å². The van der Waals surface area contributed by atoms with Crippen LogP contribution >= 0.6 is 11.8 Å². The Morgan fingerprint density at radius 1 is 1.26 bits per heavy atom. The molecule has 0 fully saturated rings. The molecule has 5 N–H and O–H groups in total. The van der Waals surface area contributed by atoms with Crippen LogP contribution in [0.25, 0.3) is 0 Å². The maximum Gasteiger partial charge on any atom is 0.255 e. The van der Waals surface area contributed by atoms with E-state index in [2.05, 4.69) is 40.5 Å². The van der Waals surface area contributed by atoms with Crippen molar-refractivity contribution < 1.29 is 19.0 Å². The smallest absolute Gasteiger partial charge is 0.255 e. The zero-order chi connectivity index (χ0) is 24.2. The van der Waals surface area contributed by atoms with Crippen molar-refractivity contribution in [1.29, 1.82) is 5.26 Å². The molecule has 10 heteroatoms. The number of H-pyrrole nitrogens is 1. The van der Waals surface area contributed by atoms with Crippen LogP contribution in [-0.4, -0.2) is 29.8 Å². The largest absolute Gasteiger partial charge is 0.493 e. The lowest BCUT2D eigenvalue weighted by Gasteiger charge is -2.24. The zero-order valence-corrected chi connectivity index (χ0v) is 19.4. The second kappa shape index (κ2) is 9.80. The minimum absolute atomic E-state index is 0.00254. The van der Waals surface area contributed by atoms with Crippen molar-refractivity contribution in [1.82, 2.24) is 10.2 Å². The van der Waals surface area contributed by atoms with Gasteiger partial charge in [-0.15, -0.1) is 16.9 Å². The zero-order valence-electron chi connectivity index (χ0n) is 18.6. The van der Waals surface area contributed by atoms with Crippen LogP contribution in [0.15, 0.2) is 58.8 Å². The van der Waals surface area contributed by atoms with E-state index in [1.807, 2.05) is 6.92 Å². The fraction of sp³-hybridized carbons (Fsp3) is 0.208. The quantitative estimate of drug-likeness (QED) is 0.419. The summed E-state index contributed by atoms with van der Waals surface area (Å²) in [6.45, 7) is 1.76. The van der Waals surface area contributed by atoms with Crippen molar-refractivity contribution in [2.75, 3.05) is 13.7 Å². The Kier molecular flexibility index (Phi) is 6.65. The highest BCUT2D eigenvalue weighted by Gasteiger charge is 2.35. The first kappa shape index (κ1) is 23.1. The Morgan fingerprint density at radius 2 is 2.03 bits per heavy atom. The van der Waals surface area contributed by atoms with Gasteiger partial charge in [0.05, 0.1) is 24.3 Å². The van der Waals surface area contributed by atoms with Gasteiger partial charge in [0, 0.05) is 10.6 Å². The number of aromatic amines is 1. The predicted molar refractivity (Wildman–Crippen MR) is 126 cm³/mol. The van der Waals surface area contributed by atoms with Crippen molar-refractivity contribution in [2.45, 2.75) is 23.5 Å². The fourth-order valence-electron chi connectivity index (χ4n) is 3.67. The highest BCUT2D eigenvalue weighted by Crippen LogP contribution is 2.45. The van der Waals surface area contributed by atoms with Crippen LogP contribution in [0.2, 0.25) is 0 Å². The van der Waals surface area contributed by atoms with E-state index in [0.29, 0.717) is 23.1 Å². The first-order valence-electron chi connectivity index (χ1n) is 10.3. The number of nitrogens with two attached hydrogens (primary N) is 2. The molecule has 1 aliphatic heterocycles. The molecule has 0 bridgehead atoms. The number of nitrogens with zero attached hydrogens (tertiary/aromatic N) is 2. The van der Waals surface area contributed by atoms with E-state index >= 15 is 0 Å². The molecule has 1 amide bonds. The van der Waals surface area contributed by atoms with Gasteiger partial charge in [-0.05, 0) is 36.8 Å². The van der Waals surface area contributed by atoms with Gasteiger partial charge >= 0.3 is 0 Å². The van der Waals surface area contributed by atoms with Gasteiger partial charge in [-0.1, -0.05) is 23.8 Å². The van der Waals surface area contributed by atoms with E-state index in [0.717, 1.165) is 21.7 Å². The van der Waals surface area contributed by atoms with Gasteiger partial charge in [0.2, 0.25) is 11.8 Å². The molecule has 0 saturated heterocycles. The van der Waals surface area contributed by atoms with Crippen molar-refractivity contribution in [2.24, 2.45) is 11.5 Å². The number of carbonyl (C=O) groups is 1. The minimum atomic E-state index is -0.600. The molecular weight excluding hydrogens is 454 g/mol. The molecule has 9 nitrogen and oxygen atoms in total. The van der Waals surface area contributed by atoms with Gasteiger partial charge in [-0.2, -0.15) is 5.26 Å². The van der Waals surface area contributed by atoms with Gasteiger partial charge in [-0.3, -0.25) is 9.89 Å². The molecule has 1 aromatic heterocycles. The van der Waals surface area contributed by atoms with Crippen molar-refractivity contribution in [3.63, 3.8) is 0 Å². The number of nitrogens with one attached hydrogen (secondary N) is 1. The highest BCUT2D eigenvalue weighted by atomic mass is 32.2. The lowest BCUT2D eigenvalue weighted by atomic mass is 9.84. The SMILES string of the molecule is COc1cc([C@@H]2C(C#N)=C(N)Oc3n[nH]c(CSc4ccc(C)cc4)c32)ccc1OCC(N)=O. The van der Waals surface area contributed by atoms with E-state index in [-0.39, 0.29) is 18.1 Å². The van der Waals surface area contributed by atoms with Crippen LogP contribution in [-0.2, 0) is 10.5 Å². The average Bonchev–Trinajstić information content (AvgIpc) is 3.23. The molecule has 2 heterocycles. The van der Waals surface area contributed by atoms with E-state index < -0.39 is 11.8 Å².